The van der Waals surface area contributed by atoms with Gasteiger partial charge in [-0.3, -0.25) is 14.4 Å². The Labute approximate surface area is 161 Å². The Morgan fingerprint density at radius 3 is 2.31 bits per heavy atom. The fourth-order valence-corrected chi connectivity index (χ4v) is 4.20. The summed E-state index contributed by atoms with van der Waals surface area (Å²) in [7, 11) is 0. The van der Waals surface area contributed by atoms with Crippen molar-refractivity contribution in [3.63, 3.8) is 0 Å². The van der Waals surface area contributed by atoms with Crippen molar-refractivity contribution in [1.82, 2.24) is 9.97 Å². The number of nitrogens with one attached hydrogen (secondary N) is 2. The predicted octanol–water partition coefficient (Wildman–Crippen LogP) is 3.23. The molecule has 0 fully saturated rings. The van der Waals surface area contributed by atoms with E-state index in [4.69, 9.17) is 0 Å². The van der Waals surface area contributed by atoms with Gasteiger partial charge < -0.3 is 10.6 Å². The lowest BCUT2D eigenvalue weighted by Gasteiger charge is -2.00. The highest BCUT2D eigenvalue weighted by Crippen LogP contribution is 2.19. The van der Waals surface area contributed by atoms with Crippen LogP contribution in [0.4, 0.5) is 10.3 Å². The van der Waals surface area contributed by atoms with Crippen LogP contribution in [0.25, 0.3) is 0 Å². The predicted molar refractivity (Wildman–Crippen MR) is 103 cm³/mol. The molecule has 0 saturated heterocycles. The summed E-state index contributed by atoms with van der Waals surface area (Å²) >= 11 is 3.99. The van der Waals surface area contributed by atoms with Gasteiger partial charge >= 0.3 is 0 Å². The Morgan fingerprint density at radius 1 is 0.962 bits per heavy atom. The number of amides is 2. The standard InChI is InChI=1S/C16H14N4O3S3/c1-9(21)12-8-26-16(18-12)19-13(22)5-10-7-25-15(17-10)20-14(23)6-11-3-2-4-24-11/h2-4,7-8H,5-6H2,1H3,(H,17,20,23)(H,18,19,22). The molecule has 0 unspecified atom stereocenters. The van der Waals surface area contributed by atoms with Crippen molar-refractivity contribution in [1.29, 1.82) is 0 Å². The van der Waals surface area contributed by atoms with Crippen LogP contribution in [-0.4, -0.2) is 27.6 Å². The lowest BCUT2D eigenvalue weighted by molar-refractivity contribution is -0.116. The Morgan fingerprint density at radius 2 is 1.65 bits per heavy atom. The van der Waals surface area contributed by atoms with Crippen molar-refractivity contribution in [2.24, 2.45) is 0 Å². The zero-order chi connectivity index (χ0) is 18.5. The summed E-state index contributed by atoms with van der Waals surface area (Å²) in [4.78, 5) is 44.5. The third kappa shape index (κ3) is 5.04. The van der Waals surface area contributed by atoms with E-state index in [2.05, 4.69) is 20.6 Å². The summed E-state index contributed by atoms with van der Waals surface area (Å²) in [6.45, 7) is 1.42. The summed E-state index contributed by atoms with van der Waals surface area (Å²) in [6, 6.07) is 3.80. The fraction of sp³-hybridized carbons (Fsp3) is 0.188. The molecule has 0 atom stereocenters. The van der Waals surface area contributed by atoms with Crippen molar-refractivity contribution in [3.05, 3.63) is 44.5 Å². The lowest BCUT2D eigenvalue weighted by atomic mass is 10.3. The number of thiophene rings is 1. The van der Waals surface area contributed by atoms with E-state index in [0.29, 0.717) is 28.1 Å². The van der Waals surface area contributed by atoms with Crippen LogP contribution in [-0.2, 0) is 22.4 Å². The highest BCUT2D eigenvalue weighted by Gasteiger charge is 2.13. The summed E-state index contributed by atoms with van der Waals surface area (Å²) in [5.74, 6) is -0.572. The minimum absolute atomic E-state index is 0.0618. The first kappa shape index (κ1) is 18.4. The van der Waals surface area contributed by atoms with Crippen molar-refractivity contribution in [2.45, 2.75) is 19.8 Å². The number of hydrogen-bond donors (Lipinski definition) is 2. The number of aromatic nitrogens is 2. The molecule has 0 aliphatic carbocycles. The van der Waals surface area contributed by atoms with Gasteiger partial charge in [-0.25, -0.2) is 9.97 Å². The molecule has 0 aromatic carbocycles. The molecule has 0 saturated carbocycles. The monoisotopic (exact) mass is 406 g/mol. The SMILES string of the molecule is CC(=O)c1csc(NC(=O)Cc2csc(NC(=O)Cc3cccs3)n2)n1. The first-order valence-corrected chi connectivity index (χ1v) is 10.2. The second kappa shape index (κ2) is 8.30. The number of ketones is 1. The molecule has 7 nitrogen and oxygen atoms in total. The fourth-order valence-electron chi connectivity index (χ4n) is 2.00. The van der Waals surface area contributed by atoms with Crippen molar-refractivity contribution >= 4 is 61.9 Å². The van der Waals surface area contributed by atoms with E-state index in [-0.39, 0.29) is 24.0 Å². The average molecular weight is 407 g/mol. The van der Waals surface area contributed by atoms with Crippen LogP contribution >= 0.6 is 34.0 Å². The van der Waals surface area contributed by atoms with Gasteiger partial charge in [-0.1, -0.05) is 6.07 Å². The molecule has 26 heavy (non-hydrogen) atoms. The van der Waals surface area contributed by atoms with Gasteiger partial charge in [0.2, 0.25) is 11.8 Å². The topological polar surface area (TPSA) is 101 Å². The van der Waals surface area contributed by atoms with Crippen LogP contribution in [0, 0.1) is 0 Å². The van der Waals surface area contributed by atoms with E-state index < -0.39 is 0 Å². The van der Waals surface area contributed by atoms with Gasteiger partial charge in [0.1, 0.15) is 5.69 Å². The maximum Gasteiger partial charge on any atom is 0.232 e. The molecule has 3 rings (SSSR count). The van der Waals surface area contributed by atoms with Gasteiger partial charge in [-0.05, 0) is 11.4 Å². The van der Waals surface area contributed by atoms with E-state index >= 15 is 0 Å². The number of carbonyl (C=O) groups excluding carboxylic acids is 3. The first-order valence-electron chi connectivity index (χ1n) is 7.52. The maximum absolute atomic E-state index is 12.1. The molecule has 134 valence electrons. The summed E-state index contributed by atoms with van der Waals surface area (Å²) < 4.78 is 0. The van der Waals surface area contributed by atoms with Crippen LogP contribution in [0.1, 0.15) is 28.0 Å². The largest absolute Gasteiger partial charge is 0.302 e. The Bertz CT molecular complexity index is 930. The molecule has 0 spiro atoms. The minimum atomic E-state index is -0.281. The van der Waals surface area contributed by atoms with E-state index in [9.17, 15) is 14.4 Å². The number of carbonyl (C=O) groups is 3. The van der Waals surface area contributed by atoms with Crippen LogP contribution < -0.4 is 10.6 Å². The van der Waals surface area contributed by atoms with Gasteiger partial charge in [0.25, 0.3) is 0 Å². The quantitative estimate of drug-likeness (QED) is 0.587. The van der Waals surface area contributed by atoms with Crippen molar-refractivity contribution < 1.29 is 14.4 Å². The van der Waals surface area contributed by atoms with Crippen LogP contribution in [0.3, 0.4) is 0 Å². The van der Waals surface area contributed by atoms with Crippen molar-refractivity contribution in [3.8, 4) is 0 Å². The smallest absolute Gasteiger partial charge is 0.232 e. The van der Waals surface area contributed by atoms with Gasteiger partial charge in [-0.2, -0.15) is 0 Å². The summed E-state index contributed by atoms with van der Waals surface area (Å²) in [5, 5.41) is 11.5. The van der Waals surface area contributed by atoms with E-state index in [1.165, 1.54) is 40.9 Å². The molecule has 2 N–H and O–H groups in total. The van der Waals surface area contributed by atoms with Crippen LogP contribution in [0.15, 0.2) is 28.3 Å². The minimum Gasteiger partial charge on any atom is -0.302 e. The zero-order valence-electron chi connectivity index (χ0n) is 13.6. The third-order valence-electron chi connectivity index (χ3n) is 3.17. The number of hydrogen-bond acceptors (Lipinski definition) is 8. The zero-order valence-corrected chi connectivity index (χ0v) is 16.1. The number of rotatable bonds is 7. The number of anilines is 2. The second-order valence-electron chi connectivity index (χ2n) is 5.27. The molecular weight excluding hydrogens is 392 g/mol. The van der Waals surface area contributed by atoms with E-state index in [1.54, 1.807) is 10.8 Å². The van der Waals surface area contributed by atoms with Gasteiger partial charge in [0.05, 0.1) is 18.5 Å². The Hall–Kier alpha value is -2.43. The van der Waals surface area contributed by atoms with Crippen LogP contribution in [0.2, 0.25) is 0 Å². The molecule has 3 aromatic heterocycles. The highest BCUT2D eigenvalue weighted by molar-refractivity contribution is 7.14. The number of nitrogens with zero attached hydrogens (tertiary/aromatic N) is 2. The normalized spacial score (nSPS) is 10.5. The van der Waals surface area contributed by atoms with Crippen molar-refractivity contribution in [2.75, 3.05) is 10.6 Å². The van der Waals surface area contributed by atoms with Crippen LogP contribution in [0.5, 0.6) is 0 Å². The lowest BCUT2D eigenvalue weighted by Crippen LogP contribution is -2.15. The van der Waals surface area contributed by atoms with E-state index in [1.807, 2.05) is 17.5 Å². The molecule has 0 aliphatic rings. The van der Waals surface area contributed by atoms with Gasteiger partial charge in [-0.15, -0.1) is 34.0 Å². The average Bonchev–Trinajstić information content (AvgIpc) is 3.30. The molecule has 0 bridgehead atoms. The number of Topliss-reactive ketones (excluding diaryl/α,β-unsaturated/α-hetero) is 1. The van der Waals surface area contributed by atoms with Gasteiger partial charge in [0, 0.05) is 22.6 Å². The molecule has 3 aromatic rings. The molecule has 0 aliphatic heterocycles. The third-order valence-corrected chi connectivity index (χ3v) is 5.61. The molecule has 0 radical (unpaired) electrons. The molecule has 2 amide bonds. The summed E-state index contributed by atoms with van der Waals surface area (Å²) in [6.07, 6.45) is 0.363. The second-order valence-corrected chi connectivity index (χ2v) is 8.02. The summed E-state index contributed by atoms with van der Waals surface area (Å²) in [5.41, 5.74) is 0.886. The Kier molecular flexibility index (Phi) is 5.86. The Balaban J connectivity index is 1.51. The van der Waals surface area contributed by atoms with E-state index in [0.717, 1.165) is 4.88 Å². The van der Waals surface area contributed by atoms with Gasteiger partial charge in [0.15, 0.2) is 16.0 Å². The maximum atomic E-state index is 12.1. The molecule has 10 heteroatoms. The highest BCUT2D eigenvalue weighted by atomic mass is 32.1. The molecule has 3 heterocycles. The first-order chi connectivity index (χ1) is 12.5. The molecular formula is C16H14N4O3S3. The number of thiazole rings is 2.